The van der Waals surface area contributed by atoms with Crippen LogP contribution in [-0.4, -0.2) is 33.5 Å². The second-order valence-corrected chi connectivity index (χ2v) is 6.49. The summed E-state index contributed by atoms with van der Waals surface area (Å²) in [5.41, 5.74) is 0.814. The molecule has 1 rings (SSSR count). The second-order valence-electron chi connectivity index (χ2n) is 4.78. The highest BCUT2D eigenvalue weighted by molar-refractivity contribution is 7.89. The van der Waals surface area contributed by atoms with Crippen molar-refractivity contribution >= 4 is 21.6 Å². The average Bonchev–Trinajstić information content (AvgIpc) is 2.37. The fourth-order valence-corrected chi connectivity index (χ4v) is 2.77. The lowest BCUT2D eigenvalue weighted by Gasteiger charge is -2.16. The topological polar surface area (TPSA) is 87.3 Å². The summed E-state index contributed by atoms with van der Waals surface area (Å²) in [6.45, 7) is 5.14. The maximum absolute atomic E-state index is 12.1. The molecule has 1 unspecified atom stereocenters. The lowest BCUT2D eigenvalue weighted by Crippen LogP contribution is -2.46. The number of benzene rings is 1. The van der Waals surface area contributed by atoms with E-state index in [0.29, 0.717) is 0 Å². The van der Waals surface area contributed by atoms with E-state index < -0.39 is 16.1 Å². The van der Waals surface area contributed by atoms with Crippen molar-refractivity contribution < 1.29 is 13.2 Å². The van der Waals surface area contributed by atoms with Crippen molar-refractivity contribution in [3.05, 3.63) is 24.3 Å². The summed E-state index contributed by atoms with van der Waals surface area (Å²) < 4.78 is 26.6. The van der Waals surface area contributed by atoms with Gasteiger partial charge in [0.15, 0.2) is 0 Å². The van der Waals surface area contributed by atoms with Crippen molar-refractivity contribution in [2.24, 2.45) is 0 Å². The van der Waals surface area contributed by atoms with Crippen molar-refractivity contribution in [1.82, 2.24) is 10.0 Å². The van der Waals surface area contributed by atoms with Crippen LogP contribution in [0.3, 0.4) is 0 Å². The molecule has 0 heterocycles. The van der Waals surface area contributed by atoms with Gasteiger partial charge in [-0.25, -0.2) is 8.42 Å². The second kappa shape index (κ2) is 6.71. The molecular formula is C13H21N3O3S. The molecule has 0 aromatic heterocycles. The molecule has 0 saturated carbocycles. The van der Waals surface area contributed by atoms with Gasteiger partial charge in [0.2, 0.25) is 15.9 Å². The highest BCUT2D eigenvalue weighted by Gasteiger charge is 2.22. The Morgan fingerprint density at radius 3 is 2.10 bits per heavy atom. The first-order valence-electron chi connectivity index (χ1n) is 6.37. The van der Waals surface area contributed by atoms with Crippen LogP contribution in [0.15, 0.2) is 29.2 Å². The first-order valence-corrected chi connectivity index (χ1v) is 7.85. The van der Waals surface area contributed by atoms with E-state index >= 15 is 0 Å². The van der Waals surface area contributed by atoms with Crippen LogP contribution in [0, 0.1) is 0 Å². The Morgan fingerprint density at radius 2 is 1.65 bits per heavy atom. The molecule has 1 aromatic rings. The largest absolute Gasteiger partial charge is 0.388 e. The molecule has 1 amide bonds. The molecule has 0 aliphatic heterocycles. The van der Waals surface area contributed by atoms with Gasteiger partial charge < -0.3 is 10.6 Å². The number of hydrogen-bond donors (Lipinski definition) is 3. The van der Waals surface area contributed by atoms with E-state index in [2.05, 4.69) is 15.4 Å². The number of carbonyl (C=O) groups is 1. The van der Waals surface area contributed by atoms with Gasteiger partial charge in [-0.3, -0.25) is 4.79 Å². The predicted octanol–water partition coefficient (Wildman–Crippen LogP) is 0.920. The Balaban J connectivity index is 2.80. The van der Waals surface area contributed by atoms with Crippen molar-refractivity contribution in [2.75, 3.05) is 12.4 Å². The molecule has 0 spiro atoms. The fraction of sp³-hybridized carbons (Fsp3) is 0.462. The average molecular weight is 299 g/mol. The molecule has 0 aliphatic carbocycles. The summed E-state index contributed by atoms with van der Waals surface area (Å²) >= 11 is 0. The molecule has 0 fully saturated rings. The van der Waals surface area contributed by atoms with Crippen LogP contribution in [0.4, 0.5) is 5.69 Å². The maximum Gasteiger partial charge on any atom is 0.241 e. The molecule has 0 bridgehead atoms. The number of carbonyl (C=O) groups excluding carboxylic acids is 1. The Bertz CT molecular complexity index is 553. The molecule has 7 heteroatoms. The van der Waals surface area contributed by atoms with Crippen LogP contribution in [-0.2, 0) is 14.8 Å². The Labute approximate surface area is 120 Å². The molecule has 0 saturated heterocycles. The van der Waals surface area contributed by atoms with Gasteiger partial charge in [0, 0.05) is 18.8 Å². The molecule has 6 nitrogen and oxygen atoms in total. The monoisotopic (exact) mass is 299 g/mol. The van der Waals surface area contributed by atoms with Crippen LogP contribution < -0.4 is 15.4 Å². The molecule has 112 valence electrons. The van der Waals surface area contributed by atoms with Gasteiger partial charge in [-0.1, -0.05) is 0 Å². The van der Waals surface area contributed by atoms with E-state index in [1.807, 2.05) is 13.8 Å². The predicted molar refractivity (Wildman–Crippen MR) is 79.1 cm³/mol. The van der Waals surface area contributed by atoms with E-state index in [4.69, 9.17) is 0 Å². The number of anilines is 1. The molecule has 0 radical (unpaired) electrons. The Hall–Kier alpha value is -1.60. The smallest absolute Gasteiger partial charge is 0.241 e. The summed E-state index contributed by atoms with van der Waals surface area (Å²) in [5, 5.41) is 5.57. The summed E-state index contributed by atoms with van der Waals surface area (Å²) in [6.07, 6.45) is 0. The molecule has 1 atom stereocenters. The molecule has 0 aliphatic rings. The first-order chi connectivity index (χ1) is 9.26. The van der Waals surface area contributed by atoms with Crippen LogP contribution in [0.5, 0.6) is 0 Å². The molecule has 3 N–H and O–H groups in total. The highest BCUT2D eigenvalue weighted by atomic mass is 32.2. The molecule has 20 heavy (non-hydrogen) atoms. The van der Waals surface area contributed by atoms with E-state index in [1.165, 1.54) is 19.1 Å². The number of sulfonamides is 1. The van der Waals surface area contributed by atoms with Crippen molar-refractivity contribution in [2.45, 2.75) is 37.8 Å². The van der Waals surface area contributed by atoms with E-state index in [1.54, 1.807) is 19.2 Å². The minimum Gasteiger partial charge on any atom is -0.388 e. The SMILES string of the molecule is CNc1ccc(S(=O)(=O)NC(C)C(=O)NC(C)C)cc1. The minimum absolute atomic E-state index is 0.0376. The minimum atomic E-state index is -3.70. The zero-order valence-corrected chi connectivity index (χ0v) is 12.9. The summed E-state index contributed by atoms with van der Waals surface area (Å²) in [4.78, 5) is 11.8. The van der Waals surface area contributed by atoms with Gasteiger partial charge in [0.05, 0.1) is 10.9 Å². The summed E-state index contributed by atoms with van der Waals surface area (Å²) in [5.74, 6) is -0.351. The van der Waals surface area contributed by atoms with E-state index in [0.717, 1.165) is 5.69 Å². The fourth-order valence-electron chi connectivity index (χ4n) is 1.56. The normalized spacial score (nSPS) is 13.1. The van der Waals surface area contributed by atoms with Crippen LogP contribution >= 0.6 is 0 Å². The number of hydrogen-bond acceptors (Lipinski definition) is 4. The maximum atomic E-state index is 12.1. The van der Waals surface area contributed by atoms with Crippen LogP contribution in [0.2, 0.25) is 0 Å². The lowest BCUT2D eigenvalue weighted by molar-refractivity contribution is -0.122. The molecular weight excluding hydrogens is 278 g/mol. The van der Waals surface area contributed by atoms with Gasteiger partial charge in [0.1, 0.15) is 0 Å². The van der Waals surface area contributed by atoms with Gasteiger partial charge >= 0.3 is 0 Å². The van der Waals surface area contributed by atoms with Gasteiger partial charge in [-0.05, 0) is 45.0 Å². The molecule has 1 aromatic carbocycles. The third-order valence-corrected chi connectivity index (χ3v) is 4.17. The standard InChI is InChI=1S/C13H21N3O3S/c1-9(2)15-13(17)10(3)16-20(18,19)12-7-5-11(14-4)6-8-12/h5-10,14,16H,1-4H3,(H,15,17). The van der Waals surface area contributed by atoms with E-state index in [-0.39, 0.29) is 16.8 Å². The highest BCUT2D eigenvalue weighted by Crippen LogP contribution is 2.13. The van der Waals surface area contributed by atoms with Crippen LogP contribution in [0.25, 0.3) is 0 Å². The number of nitrogens with one attached hydrogen (secondary N) is 3. The van der Waals surface area contributed by atoms with Gasteiger partial charge in [-0.2, -0.15) is 4.72 Å². The summed E-state index contributed by atoms with van der Waals surface area (Å²) in [6, 6.07) is 5.43. The van der Waals surface area contributed by atoms with Crippen molar-refractivity contribution in [3.63, 3.8) is 0 Å². The van der Waals surface area contributed by atoms with Crippen LogP contribution in [0.1, 0.15) is 20.8 Å². The van der Waals surface area contributed by atoms with Gasteiger partial charge in [0.25, 0.3) is 0 Å². The third-order valence-electron chi connectivity index (χ3n) is 2.61. The van der Waals surface area contributed by atoms with Gasteiger partial charge in [-0.15, -0.1) is 0 Å². The Kier molecular flexibility index (Phi) is 5.52. The number of rotatable bonds is 6. The zero-order chi connectivity index (χ0) is 15.3. The Morgan fingerprint density at radius 1 is 1.10 bits per heavy atom. The lowest BCUT2D eigenvalue weighted by atomic mass is 10.3. The van der Waals surface area contributed by atoms with E-state index in [9.17, 15) is 13.2 Å². The van der Waals surface area contributed by atoms with Crippen molar-refractivity contribution in [1.29, 1.82) is 0 Å². The third kappa shape index (κ3) is 4.50. The van der Waals surface area contributed by atoms with Crippen molar-refractivity contribution in [3.8, 4) is 0 Å². The summed E-state index contributed by atoms with van der Waals surface area (Å²) in [7, 11) is -1.95. The number of amides is 1. The quantitative estimate of drug-likeness (QED) is 0.729. The first kappa shape index (κ1) is 16.5. The zero-order valence-electron chi connectivity index (χ0n) is 12.1.